The molecule has 0 unspecified atom stereocenters. The smallest absolute Gasteiger partial charge is 0.338 e. The number of carbonyl (C=O) groups is 1. The van der Waals surface area contributed by atoms with Crippen LogP contribution in [0.4, 0.5) is 0 Å². The van der Waals surface area contributed by atoms with E-state index in [1.165, 1.54) is 24.3 Å². The van der Waals surface area contributed by atoms with Crippen LogP contribution in [0.15, 0.2) is 82.6 Å². The predicted octanol–water partition coefficient (Wildman–Crippen LogP) is 5.03. The summed E-state index contributed by atoms with van der Waals surface area (Å²) in [6.45, 7) is 4.27. The number of rotatable bonds is 10. The average Bonchev–Trinajstić information content (AvgIpc) is 2.83. The van der Waals surface area contributed by atoms with Gasteiger partial charge in [-0.25, -0.2) is 13.2 Å². The van der Waals surface area contributed by atoms with Gasteiger partial charge in [0.1, 0.15) is 0 Å². The number of nitrogens with one attached hydrogen (secondary N) is 1. The van der Waals surface area contributed by atoms with Crippen molar-refractivity contribution >= 4 is 39.8 Å². The van der Waals surface area contributed by atoms with Crippen molar-refractivity contribution in [2.45, 2.75) is 42.2 Å². The fraction of sp³-hybridized carbons (Fsp3) is 0.269. The second kappa shape index (κ2) is 13.0. The maximum atomic E-state index is 13.0. The molecule has 3 aromatic rings. The van der Waals surface area contributed by atoms with E-state index in [9.17, 15) is 18.3 Å². The van der Waals surface area contributed by atoms with Crippen LogP contribution in [0, 0.1) is 0 Å². The fourth-order valence-corrected chi connectivity index (χ4v) is 5.02. The van der Waals surface area contributed by atoms with E-state index >= 15 is 0 Å². The first kappa shape index (κ1) is 28.8. The topological polar surface area (TPSA) is 92.7 Å². The predicted molar refractivity (Wildman–Crippen MR) is 139 cm³/mol. The minimum absolute atomic E-state index is 0. The van der Waals surface area contributed by atoms with Gasteiger partial charge in [-0.2, -0.15) is 0 Å². The van der Waals surface area contributed by atoms with Gasteiger partial charge in [0.2, 0.25) is 9.84 Å². The van der Waals surface area contributed by atoms with Crippen molar-refractivity contribution in [1.29, 1.82) is 0 Å². The van der Waals surface area contributed by atoms with Gasteiger partial charge < -0.3 is 15.2 Å². The number of aliphatic hydroxyl groups excluding tert-OH is 1. The summed E-state index contributed by atoms with van der Waals surface area (Å²) in [5, 5.41) is 14.2. The first-order valence-electron chi connectivity index (χ1n) is 11.0. The molecule has 0 saturated carbocycles. The molecule has 6 nitrogen and oxygen atoms in total. The molecular formula is C26H29Cl2NO5S. The normalized spacial score (nSPS) is 12.9. The number of hydrogen-bond acceptors (Lipinski definition) is 6. The second-order valence-corrected chi connectivity index (χ2v) is 10.4. The maximum Gasteiger partial charge on any atom is 0.338 e. The monoisotopic (exact) mass is 537 g/mol. The summed E-state index contributed by atoms with van der Waals surface area (Å²) >= 11 is 5.98. The third-order valence-electron chi connectivity index (χ3n) is 5.32. The van der Waals surface area contributed by atoms with E-state index in [2.05, 4.69) is 5.32 Å². The van der Waals surface area contributed by atoms with E-state index in [0.29, 0.717) is 18.0 Å². The summed E-state index contributed by atoms with van der Waals surface area (Å²) in [4.78, 5) is 12.1. The molecule has 188 valence electrons. The van der Waals surface area contributed by atoms with Gasteiger partial charge in [0.15, 0.2) is 0 Å². The van der Waals surface area contributed by atoms with Gasteiger partial charge >= 0.3 is 5.97 Å². The van der Waals surface area contributed by atoms with Crippen molar-refractivity contribution in [3.05, 3.63) is 94.5 Å². The molecule has 0 fully saturated rings. The Bertz CT molecular complexity index is 1230. The third-order valence-corrected chi connectivity index (χ3v) is 7.33. The molecule has 0 amide bonds. The number of hydrogen-bond donors (Lipinski definition) is 2. The Balaban J connectivity index is 0.00000432. The number of sulfone groups is 1. The summed E-state index contributed by atoms with van der Waals surface area (Å²) < 4.78 is 31.0. The zero-order valence-corrected chi connectivity index (χ0v) is 21.9. The number of ether oxygens (including phenoxy) is 1. The van der Waals surface area contributed by atoms with Gasteiger partial charge in [-0.1, -0.05) is 41.9 Å². The molecule has 35 heavy (non-hydrogen) atoms. The van der Waals surface area contributed by atoms with Crippen LogP contribution in [0.3, 0.4) is 0 Å². The molecule has 0 aromatic heterocycles. The largest absolute Gasteiger partial charge is 0.462 e. The molecule has 0 radical (unpaired) electrons. The molecule has 9 heteroatoms. The van der Waals surface area contributed by atoms with E-state index in [1.54, 1.807) is 49.4 Å². The standard InChI is InChI=1S/C26H28ClNO5S.ClH/c1-3-33-26(30)21-7-5-9-24(16-21)34(31,32)23-12-10-19(11-13-23)14-18(2)28-17-25(29)20-6-4-8-22(27)15-20;/h4-13,15-16,18,25,28-29H,3,14,17H2,1-2H3;1H/t18-,25+;/m1./s1. The number of esters is 1. The van der Waals surface area contributed by atoms with E-state index < -0.39 is 21.9 Å². The lowest BCUT2D eigenvalue weighted by Gasteiger charge is -2.18. The van der Waals surface area contributed by atoms with Gasteiger partial charge in [-0.15, -0.1) is 12.4 Å². The fourth-order valence-electron chi connectivity index (χ4n) is 3.52. The van der Waals surface area contributed by atoms with Crippen LogP contribution in [0.1, 0.15) is 41.4 Å². The van der Waals surface area contributed by atoms with E-state index in [-0.39, 0.29) is 40.4 Å². The zero-order valence-electron chi connectivity index (χ0n) is 19.5. The maximum absolute atomic E-state index is 13.0. The quantitative estimate of drug-likeness (QED) is 0.352. The summed E-state index contributed by atoms with van der Waals surface area (Å²) in [5.41, 5.74) is 1.89. The molecular weight excluding hydrogens is 509 g/mol. The molecule has 2 N–H and O–H groups in total. The van der Waals surface area contributed by atoms with Crippen molar-refractivity contribution in [1.82, 2.24) is 5.32 Å². The highest BCUT2D eigenvalue weighted by atomic mass is 35.5. The number of benzene rings is 3. The summed E-state index contributed by atoms with van der Waals surface area (Å²) in [6.07, 6.45) is -0.0277. The molecule has 2 atom stereocenters. The Hall–Kier alpha value is -2.42. The van der Waals surface area contributed by atoms with Gasteiger partial charge in [0.25, 0.3) is 0 Å². The molecule has 0 heterocycles. The molecule has 3 rings (SSSR count). The molecule has 0 aliphatic heterocycles. The first-order chi connectivity index (χ1) is 16.2. The second-order valence-electron chi connectivity index (χ2n) is 7.98. The Morgan fingerprint density at radius 1 is 1.03 bits per heavy atom. The van der Waals surface area contributed by atoms with Gasteiger partial charge in [-0.05, 0) is 73.9 Å². The van der Waals surface area contributed by atoms with Crippen LogP contribution in [-0.4, -0.2) is 38.7 Å². The van der Waals surface area contributed by atoms with E-state index in [1.807, 2.05) is 13.0 Å². The van der Waals surface area contributed by atoms with Crippen molar-refractivity contribution in [3.63, 3.8) is 0 Å². The average molecular weight is 538 g/mol. The van der Waals surface area contributed by atoms with Gasteiger partial charge in [0, 0.05) is 17.6 Å². The molecule has 0 spiro atoms. The molecule has 3 aromatic carbocycles. The highest BCUT2D eigenvalue weighted by Crippen LogP contribution is 2.23. The lowest BCUT2D eigenvalue weighted by atomic mass is 10.1. The molecule has 0 saturated heterocycles. The summed E-state index contributed by atoms with van der Waals surface area (Å²) in [7, 11) is -3.78. The van der Waals surface area contributed by atoms with E-state index in [4.69, 9.17) is 16.3 Å². The van der Waals surface area contributed by atoms with E-state index in [0.717, 1.165) is 11.1 Å². The van der Waals surface area contributed by atoms with Crippen LogP contribution < -0.4 is 5.32 Å². The third kappa shape index (κ3) is 7.78. The lowest BCUT2D eigenvalue weighted by Crippen LogP contribution is -2.32. The Kier molecular flexibility index (Phi) is 10.7. The molecule has 0 bridgehead atoms. The van der Waals surface area contributed by atoms with Crippen molar-refractivity contribution in [2.24, 2.45) is 0 Å². The van der Waals surface area contributed by atoms with Crippen LogP contribution in [0.25, 0.3) is 0 Å². The van der Waals surface area contributed by atoms with Crippen LogP contribution in [0.5, 0.6) is 0 Å². The number of halogens is 2. The van der Waals surface area contributed by atoms with Crippen LogP contribution >= 0.6 is 24.0 Å². The highest BCUT2D eigenvalue weighted by molar-refractivity contribution is 7.91. The SMILES string of the molecule is CCOC(=O)c1cccc(S(=O)(=O)c2ccc(C[C@@H](C)NC[C@H](O)c3cccc(Cl)c3)cc2)c1.Cl. The van der Waals surface area contributed by atoms with Gasteiger partial charge in [-0.3, -0.25) is 0 Å². The zero-order chi connectivity index (χ0) is 24.7. The molecule has 0 aliphatic carbocycles. The summed E-state index contributed by atoms with van der Waals surface area (Å²) in [5.74, 6) is -0.558. The Labute approximate surface area is 217 Å². The van der Waals surface area contributed by atoms with Crippen LogP contribution in [0.2, 0.25) is 5.02 Å². The molecule has 0 aliphatic rings. The number of aliphatic hydroxyl groups is 1. The van der Waals surface area contributed by atoms with Gasteiger partial charge in [0.05, 0.1) is 28.1 Å². The van der Waals surface area contributed by atoms with Crippen LogP contribution in [-0.2, 0) is 21.0 Å². The highest BCUT2D eigenvalue weighted by Gasteiger charge is 2.20. The van der Waals surface area contributed by atoms with Crippen molar-refractivity contribution < 1.29 is 23.1 Å². The first-order valence-corrected chi connectivity index (χ1v) is 12.8. The Morgan fingerprint density at radius 2 is 1.71 bits per heavy atom. The number of carbonyl (C=O) groups excluding carboxylic acids is 1. The van der Waals surface area contributed by atoms with Crippen molar-refractivity contribution in [3.8, 4) is 0 Å². The minimum Gasteiger partial charge on any atom is -0.462 e. The summed E-state index contributed by atoms with van der Waals surface area (Å²) in [6, 6.07) is 19.7. The lowest BCUT2D eigenvalue weighted by molar-refractivity contribution is 0.0526. The van der Waals surface area contributed by atoms with Crippen molar-refractivity contribution in [2.75, 3.05) is 13.2 Å². The Morgan fingerprint density at radius 3 is 2.37 bits per heavy atom. The minimum atomic E-state index is -3.78.